The molecule has 2 N–H and O–H groups in total. The first kappa shape index (κ1) is 11.4. The van der Waals surface area contributed by atoms with Gasteiger partial charge >= 0.3 is 0 Å². The highest BCUT2D eigenvalue weighted by molar-refractivity contribution is 7.71. The van der Waals surface area contributed by atoms with Gasteiger partial charge in [0.2, 0.25) is 4.77 Å². The van der Waals surface area contributed by atoms with E-state index in [4.69, 9.17) is 35.4 Å². The second-order valence-corrected chi connectivity index (χ2v) is 4.26. The number of aromatic nitrogens is 3. The van der Waals surface area contributed by atoms with Crippen LogP contribution in [0.4, 0.5) is 0 Å². The summed E-state index contributed by atoms with van der Waals surface area (Å²) in [4.78, 5) is 4.02. The number of halogens is 2. The lowest BCUT2D eigenvalue weighted by Crippen LogP contribution is -1.76. The van der Waals surface area contributed by atoms with Gasteiger partial charge in [-0.25, -0.2) is 4.98 Å². The number of hydrogen-bond donors (Lipinski definition) is 2. The summed E-state index contributed by atoms with van der Waals surface area (Å²) in [7, 11) is 0. The standard InChI is InChI=1S/C10H7Cl2N3S/c11-7-3-1-6(5-8(7)12)2-4-9-13-10(16)15-14-9/h1-5H,(H2,13,14,15,16)/b4-2-. The number of rotatable bonds is 2. The SMILES string of the molecule is S=c1nc(/C=C\c2ccc(Cl)c(Cl)c2)[nH][nH]1. The predicted octanol–water partition coefficient (Wildman–Crippen LogP) is 3.94. The van der Waals surface area contributed by atoms with E-state index in [0.29, 0.717) is 20.6 Å². The van der Waals surface area contributed by atoms with Gasteiger partial charge in [-0.05, 0) is 36.0 Å². The summed E-state index contributed by atoms with van der Waals surface area (Å²) < 4.78 is 0.425. The molecule has 0 saturated heterocycles. The molecule has 1 aromatic heterocycles. The summed E-state index contributed by atoms with van der Waals surface area (Å²) in [5.41, 5.74) is 0.941. The van der Waals surface area contributed by atoms with Crippen LogP contribution in [0.3, 0.4) is 0 Å². The lowest BCUT2D eigenvalue weighted by Gasteiger charge is -1.96. The maximum Gasteiger partial charge on any atom is 0.213 e. The largest absolute Gasteiger partial charge is 0.282 e. The molecule has 0 bridgehead atoms. The summed E-state index contributed by atoms with van der Waals surface area (Å²) in [5.74, 6) is 0.663. The maximum absolute atomic E-state index is 5.89. The number of hydrogen-bond acceptors (Lipinski definition) is 2. The number of aromatic amines is 2. The molecule has 1 heterocycles. The minimum absolute atomic E-state index is 0.425. The van der Waals surface area contributed by atoms with Crippen molar-refractivity contribution in [1.82, 2.24) is 15.2 Å². The van der Waals surface area contributed by atoms with Gasteiger partial charge < -0.3 is 0 Å². The van der Waals surface area contributed by atoms with Crippen molar-refractivity contribution in [3.63, 3.8) is 0 Å². The van der Waals surface area contributed by atoms with Crippen LogP contribution >= 0.6 is 35.4 Å². The van der Waals surface area contributed by atoms with Crippen LogP contribution in [-0.4, -0.2) is 15.2 Å². The molecule has 2 rings (SSSR count). The Morgan fingerprint density at radius 3 is 2.56 bits per heavy atom. The highest BCUT2D eigenvalue weighted by atomic mass is 35.5. The fraction of sp³-hybridized carbons (Fsp3) is 0. The van der Waals surface area contributed by atoms with Gasteiger partial charge in [0.15, 0.2) is 0 Å². The highest BCUT2D eigenvalue weighted by Crippen LogP contribution is 2.23. The van der Waals surface area contributed by atoms with E-state index < -0.39 is 0 Å². The van der Waals surface area contributed by atoms with E-state index in [1.807, 2.05) is 12.1 Å². The van der Waals surface area contributed by atoms with Crippen molar-refractivity contribution in [3.05, 3.63) is 44.4 Å². The van der Waals surface area contributed by atoms with Gasteiger partial charge in [0.05, 0.1) is 10.0 Å². The maximum atomic E-state index is 5.89. The zero-order valence-corrected chi connectivity index (χ0v) is 10.3. The van der Waals surface area contributed by atoms with Gasteiger partial charge in [0.25, 0.3) is 0 Å². The van der Waals surface area contributed by atoms with Gasteiger partial charge in [0.1, 0.15) is 5.82 Å². The summed E-state index contributed by atoms with van der Waals surface area (Å²) >= 11 is 16.5. The minimum atomic E-state index is 0.425. The van der Waals surface area contributed by atoms with E-state index in [0.717, 1.165) is 5.56 Å². The van der Waals surface area contributed by atoms with Gasteiger partial charge in [-0.2, -0.15) is 0 Å². The molecule has 0 radical (unpaired) electrons. The van der Waals surface area contributed by atoms with Gasteiger partial charge in [-0.15, -0.1) is 0 Å². The lowest BCUT2D eigenvalue weighted by atomic mass is 10.2. The summed E-state index contributed by atoms with van der Waals surface area (Å²) in [6, 6.07) is 5.39. The molecule has 2 aromatic rings. The molecule has 0 amide bonds. The molecule has 0 atom stereocenters. The van der Waals surface area contributed by atoms with Crippen LogP contribution in [0.5, 0.6) is 0 Å². The zero-order chi connectivity index (χ0) is 11.5. The molecule has 0 spiro atoms. The molecule has 1 aromatic carbocycles. The van der Waals surface area contributed by atoms with E-state index in [2.05, 4.69) is 15.2 Å². The Morgan fingerprint density at radius 1 is 1.12 bits per heavy atom. The van der Waals surface area contributed by atoms with Crippen molar-refractivity contribution in [1.29, 1.82) is 0 Å². The van der Waals surface area contributed by atoms with Gasteiger partial charge in [-0.1, -0.05) is 35.3 Å². The van der Waals surface area contributed by atoms with Crippen LogP contribution in [0.25, 0.3) is 12.2 Å². The summed E-state index contributed by atoms with van der Waals surface area (Å²) in [6.07, 6.45) is 3.66. The van der Waals surface area contributed by atoms with Crippen molar-refractivity contribution in [2.75, 3.05) is 0 Å². The number of benzene rings is 1. The molecule has 16 heavy (non-hydrogen) atoms. The quantitative estimate of drug-likeness (QED) is 0.813. The van der Waals surface area contributed by atoms with E-state index in [1.54, 1.807) is 18.2 Å². The van der Waals surface area contributed by atoms with Crippen LogP contribution < -0.4 is 0 Å². The Morgan fingerprint density at radius 2 is 1.94 bits per heavy atom. The topological polar surface area (TPSA) is 44.5 Å². The zero-order valence-electron chi connectivity index (χ0n) is 8.00. The monoisotopic (exact) mass is 271 g/mol. The lowest BCUT2D eigenvalue weighted by molar-refractivity contribution is 1.07. The van der Waals surface area contributed by atoms with Crippen LogP contribution in [0.15, 0.2) is 18.2 Å². The average molecular weight is 272 g/mol. The molecular formula is C10H7Cl2N3S. The Balaban J connectivity index is 2.23. The first-order valence-electron chi connectivity index (χ1n) is 4.43. The molecule has 0 aliphatic carbocycles. The van der Waals surface area contributed by atoms with Crippen LogP contribution in [0.1, 0.15) is 11.4 Å². The Hall–Kier alpha value is -1.10. The normalized spacial score (nSPS) is 11.1. The molecular weight excluding hydrogens is 265 g/mol. The van der Waals surface area contributed by atoms with Crippen molar-refractivity contribution >= 4 is 47.6 Å². The van der Waals surface area contributed by atoms with Crippen LogP contribution in [0, 0.1) is 4.77 Å². The Bertz CT molecular complexity index is 586. The Kier molecular flexibility index (Phi) is 3.43. The third kappa shape index (κ3) is 2.72. The molecule has 0 fully saturated rings. The average Bonchev–Trinajstić information content (AvgIpc) is 2.66. The number of nitrogens with zero attached hydrogens (tertiary/aromatic N) is 1. The molecule has 0 aliphatic rings. The molecule has 0 aliphatic heterocycles. The number of H-pyrrole nitrogens is 2. The van der Waals surface area contributed by atoms with Crippen LogP contribution in [-0.2, 0) is 0 Å². The molecule has 0 saturated carbocycles. The smallest absolute Gasteiger partial charge is 0.213 e. The first-order chi connectivity index (χ1) is 7.65. The number of nitrogens with one attached hydrogen (secondary N) is 2. The van der Waals surface area contributed by atoms with Gasteiger partial charge in [0, 0.05) is 0 Å². The highest BCUT2D eigenvalue weighted by Gasteiger charge is 1.97. The third-order valence-corrected chi connectivity index (χ3v) is 2.83. The van der Waals surface area contributed by atoms with Crippen molar-refractivity contribution in [2.45, 2.75) is 0 Å². The second-order valence-electron chi connectivity index (χ2n) is 3.06. The van der Waals surface area contributed by atoms with Gasteiger partial charge in [-0.3, -0.25) is 10.2 Å². The van der Waals surface area contributed by atoms with Crippen molar-refractivity contribution in [2.24, 2.45) is 0 Å². The fourth-order valence-corrected chi connectivity index (χ4v) is 1.61. The predicted molar refractivity (Wildman–Crippen MR) is 69.2 cm³/mol. The van der Waals surface area contributed by atoms with Crippen molar-refractivity contribution in [3.8, 4) is 0 Å². The molecule has 6 heteroatoms. The van der Waals surface area contributed by atoms with Crippen LogP contribution in [0.2, 0.25) is 10.0 Å². The third-order valence-electron chi connectivity index (χ3n) is 1.90. The minimum Gasteiger partial charge on any atom is -0.282 e. The molecule has 0 unspecified atom stereocenters. The molecule has 82 valence electrons. The second kappa shape index (κ2) is 4.82. The fourth-order valence-electron chi connectivity index (χ4n) is 1.15. The van der Waals surface area contributed by atoms with E-state index in [1.165, 1.54) is 0 Å². The van der Waals surface area contributed by atoms with Crippen molar-refractivity contribution < 1.29 is 0 Å². The first-order valence-corrected chi connectivity index (χ1v) is 5.59. The Labute approximate surface area is 107 Å². The molecule has 3 nitrogen and oxygen atoms in total. The van der Waals surface area contributed by atoms with E-state index >= 15 is 0 Å². The summed E-state index contributed by atoms with van der Waals surface area (Å²) in [5, 5.41) is 6.59. The van der Waals surface area contributed by atoms with E-state index in [-0.39, 0.29) is 0 Å². The van der Waals surface area contributed by atoms with E-state index in [9.17, 15) is 0 Å². The summed E-state index contributed by atoms with van der Waals surface area (Å²) in [6.45, 7) is 0.